The normalized spacial score (nSPS) is 11.5. The summed E-state index contributed by atoms with van der Waals surface area (Å²) in [6.45, 7) is 12.9. The lowest BCUT2D eigenvalue weighted by molar-refractivity contribution is -0.136. The fraction of sp³-hybridized carbons (Fsp3) is 0.964. The summed E-state index contributed by atoms with van der Waals surface area (Å²) >= 11 is 0. The van der Waals surface area contributed by atoms with Crippen molar-refractivity contribution in [2.24, 2.45) is 0 Å². The van der Waals surface area contributed by atoms with Crippen molar-refractivity contribution in [2.75, 3.05) is 172 Å². The third-order valence-corrected chi connectivity index (χ3v) is 5.09. The van der Waals surface area contributed by atoms with E-state index in [9.17, 15) is 4.79 Å². The Morgan fingerprint density at radius 2 is 0.628 bits per heavy atom. The van der Waals surface area contributed by atoms with E-state index in [0.29, 0.717) is 165 Å². The molecule has 0 rings (SSSR count). The lowest BCUT2D eigenvalue weighted by Crippen LogP contribution is -2.23. The molecule has 0 spiro atoms. The number of carbonyl (C=O) groups is 1. The van der Waals surface area contributed by atoms with E-state index in [1.54, 1.807) is 7.11 Å². The van der Waals surface area contributed by atoms with Gasteiger partial charge in [-0.2, -0.15) is 0 Å². The monoisotopic (exact) mass is 631 g/mol. The second kappa shape index (κ2) is 39.0. The fourth-order valence-electron chi connectivity index (χ4n) is 2.91. The number of hydrogen-bond donors (Lipinski definition) is 2. The minimum absolute atomic E-state index is 0.109. The lowest BCUT2D eigenvalue weighted by Gasteiger charge is -2.09. The minimum atomic E-state index is -0.812. The van der Waals surface area contributed by atoms with E-state index >= 15 is 0 Å². The van der Waals surface area contributed by atoms with Gasteiger partial charge in [0.05, 0.1) is 158 Å². The molecule has 0 saturated carbocycles. The van der Waals surface area contributed by atoms with E-state index in [4.69, 9.17) is 61.9 Å². The van der Waals surface area contributed by atoms with Crippen LogP contribution in [0.2, 0.25) is 0 Å². The highest BCUT2D eigenvalue weighted by molar-refractivity contribution is 5.66. The van der Waals surface area contributed by atoms with E-state index in [0.717, 1.165) is 0 Å². The molecule has 0 fully saturated rings. The average Bonchev–Trinajstić information content (AvgIpc) is 3.00. The molecule has 0 unspecified atom stereocenters. The van der Waals surface area contributed by atoms with Gasteiger partial charge in [-0.15, -0.1) is 0 Å². The zero-order valence-electron chi connectivity index (χ0n) is 26.1. The molecule has 0 heterocycles. The van der Waals surface area contributed by atoms with Crippen LogP contribution in [0.5, 0.6) is 0 Å². The molecule has 0 aromatic carbocycles. The van der Waals surface area contributed by atoms with Gasteiger partial charge in [0, 0.05) is 20.2 Å². The molecular formula is C28H57NO14. The predicted molar refractivity (Wildman–Crippen MR) is 156 cm³/mol. The zero-order chi connectivity index (χ0) is 31.2. The van der Waals surface area contributed by atoms with Crippen molar-refractivity contribution in [1.82, 2.24) is 5.32 Å². The molecule has 0 bridgehead atoms. The number of carboxylic acids is 1. The molecule has 15 nitrogen and oxygen atoms in total. The Morgan fingerprint density at radius 3 is 0.860 bits per heavy atom. The van der Waals surface area contributed by atoms with Gasteiger partial charge in [-0.25, -0.2) is 0 Å². The average molecular weight is 632 g/mol. The fourth-order valence-corrected chi connectivity index (χ4v) is 2.91. The molecule has 0 aliphatic carbocycles. The first-order valence-corrected chi connectivity index (χ1v) is 15.0. The number of aliphatic carboxylic acids is 1. The van der Waals surface area contributed by atoms with Crippen LogP contribution in [0.1, 0.15) is 6.42 Å². The highest BCUT2D eigenvalue weighted by Crippen LogP contribution is 1.87. The highest BCUT2D eigenvalue weighted by atomic mass is 16.6. The Morgan fingerprint density at radius 1 is 0.395 bits per heavy atom. The quantitative estimate of drug-likeness (QED) is 0.0864. The molecule has 2 N–H and O–H groups in total. The first-order valence-electron chi connectivity index (χ1n) is 15.0. The number of carboxylic acid groups (broad SMARTS) is 1. The van der Waals surface area contributed by atoms with Gasteiger partial charge in [0.25, 0.3) is 0 Å². The molecule has 0 atom stereocenters. The number of methoxy groups -OCH3 is 1. The summed E-state index contributed by atoms with van der Waals surface area (Å²) in [5.41, 5.74) is 0. The van der Waals surface area contributed by atoms with Gasteiger partial charge < -0.3 is 67.3 Å². The van der Waals surface area contributed by atoms with Crippen molar-refractivity contribution in [3.05, 3.63) is 0 Å². The highest BCUT2D eigenvalue weighted by Gasteiger charge is 1.97. The van der Waals surface area contributed by atoms with Crippen LogP contribution in [0.25, 0.3) is 0 Å². The Balaban J connectivity index is 3.03. The van der Waals surface area contributed by atoms with E-state index in [2.05, 4.69) is 5.32 Å². The largest absolute Gasteiger partial charge is 0.481 e. The number of ether oxygens (including phenoxy) is 12. The van der Waals surface area contributed by atoms with Crippen molar-refractivity contribution in [1.29, 1.82) is 0 Å². The molecule has 258 valence electrons. The second-order valence-electron chi connectivity index (χ2n) is 8.62. The molecule has 0 aliphatic rings. The van der Waals surface area contributed by atoms with Gasteiger partial charge in [0.15, 0.2) is 0 Å². The third kappa shape index (κ3) is 41.0. The molecule has 0 saturated heterocycles. The van der Waals surface area contributed by atoms with Gasteiger partial charge >= 0.3 is 5.97 Å². The molecule has 0 aromatic rings. The number of nitrogens with one attached hydrogen (secondary N) is 1. The van der Waals surface area contributed by atoms with Crippen molar-refractivity contribution in [2.45, 2.75) is 6.42 Å². The Hall–Kier alpha value is -1.05. The summed E-state index contributed by atoms with van der Waals surface area (Å²) < 4.78 is 64.5. The predicted octanol–water partition coefficient (Wildman–Crippen LogP) is -0.120. The van der Waals surface area contributed by atoms with Crippen LogP contribution in [0.3, 0.4) is 0 Å². The maximum atomic E-state index is 10.4. The van der Waals surface area contributed by atoms with E-state index in [1.165, 1.54) is 0 Å². The van der Waals surface area contributed by atoms with Crippen LogP contribution in [0, 0.1) is 0 Å². The van der Waals surface area contributed by atoms with Crippen molar-refractivity contribution >= 4 is 5.97 Å². The molecule has 15 heteroatoms. The lowest BCUT2D eigenvalue weighted by atomic mass is 10.4. The molecule has 0 aliphatic heterocycles. The van der Waals surface area contributed by atoms with E-state index in [-0.39, 0.29) is 6.42 Å². The summed E-state index contributed by atoms with van der Waals surface area (Å²) in [5.74, 6) is -0.812. The van der Waals surface area contributed by atoms with Crippen molar-refractivity contribution < 1.29 is 66.7 Å². The summed E-state index contributed by atoms with van der Waals surface area (Å²) in [4.78, 5) is 10.4. The second-order valence-corrected chi connectivity index (χ2v) is 8.62. The Labute approximate surface area is 256 Å². The first-order chi connectivity index (χ1) is 21.3. The molecule has 0 aromatic heterocycles. The molecular weight excluding hydrogens is 574 g/mol. The maximum absolute atomic E-state index is 10.4. The van der Waals surface area contributed by atoms with Gasteiger partial charge in [-0.05, 0) is 0 Å². The SMILES string of the molecule is COCCOCCOCCOCCOCCOCCOCCOCCOCCOCCOCCOCCNCCC(=O)O. The smallest absolute Gasteiger partial charge is 0.304 e. The van der Waals surface area contributed by atoms with Gasteiger partial charge in [0.2, 0.25) is 0 Å². The number of hydrogen-bond acceptors (Lipinski definition) is 14. The van der Waals surface area contributed by atoms with Crippen LogP contribution in [-0.2, 0) is 61.6 Å². The van der Waals surface area contributed by atoms with Gasteiger partial charge in [-0.3, -0.25) is 4.79 Å². The van der Waals surface area contributed by atoms with Crippen LogP contribution in [-0.4, -0.2) is 183 Å². The van der Waals surface area contributed by atoms with Crippen molar-refractivity contribution in [3.63, 3.8) is 0 Å². The van der Waals surface area contributed by atoms with E-state index < -0.39 is 5.97 Å². The summed E-state index contributed by atoms with van der Waals surface area (Å²) in [5, 5.41) is 11.5. The summed E-state index contributed by atoms with van der Waals surface area (Å²) in [6.07, 6.45) is 0.109. The van der Waals surface area contributed by atoms with Crippen LogP contribution in [0.4, 0.5) is 0 Å². The van der Waals surface area contributed by atoms with Crippen LogP contribution in [0.15, 0.2) is 0 Å². The Bertz CT molecular complexity index is 536. The van der Waals surface area contributed by atoms with Crippen LogP contribution < -0.4 is 5.32 Å². The first kappa shape index (κ1) is 42.0. The zero-order valence-corrected chi connectivity index (χ0v) is 26.1. The minimum Gasteiger partial charge on any atom is -0.481 e. The maximum Gasteiger partial charge on any atom is 0.304 e. The standard InChI is InChI=1S/C28H57NO14/c1-32-6-7-34-10-11-36-14-15-38-18-19-40-22-23-42-26-27-43-25-24-41-21-20-39-17-16-37-13-12-35-9-8-33-5-4-29-3-2-28(30)31/h29H,2-27H2,1H3,(H,30,31). The van der Waals surface area contributed by atoms with Crippen molar-refractivity contribution in [3.8, 4) is 0 Å². The van der Waals surface area contributed by atoms with Gasteiger partial charge in [0.1, 0.15) is 0 Å². The van der Waals surface area contributed by atoms with E-state index in [1.807, 2.05) is 0 Å². The molecule has 43 heavy (non-hydrogen) atoms. The topological polar surface area (TPSA) is 160 Å². The van der Waals surface area contributed by atoms with Gasteiger partial charge in [-0.1, -0.05) is 0 Å². The van der Waals surface area contributed by atoms with Crippen LogP contribution >= 0.6 is 0 Å². The third-order valence-electron chi connectivity index (χ3n) is 5.09. The molecule has 0 amide bonds. The number of rotatable bonds is 39. The molecule has 0 radical (unpaired) electrons. The Kier molecular flexibility index (Phi) is 38.0. The summed E-state index contributed by atoms with van der Waals surface area (Å²) in [7, 11) is 1.64. The summed E-state index contributed by atoms with van der Waals surface area (Å²) in [6, 6.07) is 0.